The summed E-state index contributed by atoms with van der Waals surface area (Å²) in [4.78, 5) is 13.6. The number of rotatable bonds is 2. The van der Waals surface area contributed by atoms with Crippen LogP contribution in [0, 0.1) is 0 Å². The number of carbonyl (C=O) groups is 1. The zero-order valence-corrected chi connectivity index (χ0v) is 9.41. The molecule has 2 aliphatic rings. The van der Waals surface area contributed by atoms with Crippen LogP contribution in [-0.4, -0.2) is 63.2 Å². The van der Waals surface area contributed by atoms with Gasteiger partial charge in [0, 0.05) is 26.2 Å². The topological polar surface area (TPSA) is 83.3 Å². The zero-order chi connectivity index (χ0) is 11.8. The van der Waals surface area contributed by atoms with Gasteiger partial charge in [0.05, 0.1) is 18.3 Å². The van der Waals surface area contributed by atoms with Gasteiger partial charge in [0.25, 0.3) is 5.91 Å². The van der Waals surface area contributed by atoms with Gasteiger partial charge in [-0.25, -0.2) is 4.68 Å². The average Bonchev–Trinajstić information content (AvgIpc) is 2.84. The van der Waals surface area contributed by atoms with Crippen LogP contribution in [0.2, 0.25) is 0 Å². The summed E-state index contributed by atoms with van der Waals surface area (Å²) in [6, 6.07) is 0.313. The Kier molecular flexibility index (Phi) is 2.56. The maximum absolute atomic E-state index is 12.0. The highest BCUT2D eigenvalue weighted by molar-refractivity contribution is 5.92. The highest BCUT2D eigenvalue weighted by Gasteiger charge is 2.28. The molecule has 1 atom stereocenters. The van der Waals surface area contributed by atoms with Crippen molar-refractivity contribution in [3.8, 4) is 0 Å². The fourth-order valence-electron chi connectivity index (χ4n) is 2.10. The largest absolute Gasteiger partial charge is 0.391 e. The van der Waals surface area contributed by atoms with E-state index in [1.165, 1.54) is 0 Å². The lowest BCUT2D eigenvalue weighted by Gasteiger charge is -2.26. The predicted octanol–water partition coefficient (Wildman–Crippen LogP) is -1.37. The molecule has 3 rings (SSSR count). The Hall–Kier alpha value is -1.47. The van der Waals surface area contributed by atoms with E-state index < -0.39 is 6.10 Å². The molecule has 2 aliphatic heterocycles. The molecule has 2 fully saturated rings. The van der Waals surface area contributed by atoms with E-state index in [0.717, 1.165) is 13.1 Å². The van der Waals surface area contributed by atoms with Crippen molar-refractivity contribution < 1.29 is 9.90 Å². The van der Waals surface area contributed by atoms with Crippen molar-refractivity contribution in [1.29, 1.82) is 0 Å². The molecule has 0 aromatic carbocycles. The first-order valence-electron chi connectivity index (χ1n) is 5.84. The Morgan fingerprint density at radius 2 is 2.35 bits per heavy atom. The molecule has 17 heavy (non-hydrogen) atoms. The lowest BCUT2D eigenvalue weighted by atomic mass is 10.2. The first kappa shape index (κ1) is 10.7. The van der Waals surface area contributed by atoms with E-state index in [1.54, 1.807) is 15.8 Å². The van der Waals surface area contributed by atoms with Crippen LogP contribution in [0.4, 0.5) is 0 Å². The lowest BCUT2D eigenvalue weighted by molar-refractivity contribution is 0.0759. The minimum absolute atomic E-state index is 0.139. The second-order valence-electron chi connectivity index (χ2n) is 4.59. The van der Waals surface area contributed by atoms with Crippen molar-refractivity contribution >= 4 is 5.91 Å². The molecule has 0 aliphatic carbocycles. The van der Waals surface area contributed by atoms with Crippen LogP contribution >= 0.6 is 0 Å². The zero-order valence-electron chi connectivity index (χ0n) is 9.41. The maximum Gasteiger partial charge on any atom is 0.276 e. The highest BCUT2D eigenvalue weighted by Crippen LogP contribution is 2.14. The number of nitrogens with one attached hydrogen (secondary N) is 1. The molecular formula is C10H15N5O2. The quantitative estimate of drug-likeness (QED) is 0.663. The monoisotopic (exact) mass is 237 g/mol. The summed E-state index contributed by atoms with van der Waals surface area (Å²) in [5.41, 5.74) is 0.367. The van der Waals surface area contributed by atoms with Crippen LogP contribution in [0.1, 0.15) is 23.0 Å². The van der Waals surface area contributed by atoms with Gasteiger partial charge in [0.2, 0.25) is 0 Å². The van der Waals surface area contributed by atoms with E-state index in [1.807, 2.05) is 0 Å². The van der Waals surface area contributed by atoms with Gasteiger partial charge in [-0.1, -0.05) is 5.21 Å². The van der Waals surface area contributed by atoms with E-state index in [2.05, 4.69) is 15.6 Å². The summed E-state index contributed by atoms with van der Waals surface area (Å²) < 4.78 is 1.73. The minimum Gasteiger partial charge on any atom is -0.391 e. The summed E-state index contributed by atoms with van der Waals surface area (Å²) in [6.45, 7) is 2.74. The number of aliphatic hydroxyl groups is 1. The smallest absolute Gasteiger partial charge is 0.276 e. The standard InChI is InChI=1S/C10H15N5O2/c16-8-1-2-14(5-8)10(17)9-6-15(13-12-9)7-3-11-4-7/h6-8,11,16H,1-5H2/t8-/m1/s1. The molecule has 0 radical (unpaired) electrons. The number of β-amino-alcohol motifs (C(OH)–C–C–N with tert-alkyl or cyclic N) is 1. The molecule has 7 heteroatoms. The molecule has 1 aromatic rings. The normalized spacial score (nSPS) is 25.0. The van der Waals surface area contributed by atoms with E-state index in [4.69, 9.17) is 0 Å². The molecule has 2 N–H and O–H groups in total. The lowest BCUT2D eigenvalue weighted by Crippen LogP contribution is -2.43. The molecular weight excluding hydrogens is 222 g/mol. The Balaban J connectivity index is 1.70. The van der Waals surface area contributed by atoms with Gasteiger partial charge in [-0.05, 0) is 6.42 Å². The van der Waals surface area contributed by atoms with Gasteiger partial charge in [-0.3, -0.25) is 4.79 Å². The van der Waals surface area contributed by atoms with Gasteiger partial charge in [-0.15, -0.1) is 5.10 Å². The summed E-state index contributed by atoms with van der Waals surface area (Å²) in [5, 5.41) is 20.4. The van der Waals surface area contributed by atoms with Gasteiger partial charge >= 0.3 is 0 Å². The number of hydrogen-bond acceptors (Lipinski definition) is 5. The highest BCUT2D eigenvalue weighted by atomic mass is 16.3. The van der Waals surface area contributed by atoms with Crippen LogP contribution in [0.25, 0.3) is 0 Å². The van der Waals surface area contributed by atoms with Crippen molar-refractivity contribution in [2.24, 2.45) is 0 Å². The van der Waals surface area contributed by atoms with Crippen molar-refractivity contribution in [2.75, 3.05) is 26.2 Å². The third-order valence-electron chi connectivity index (χ3n) is 3.31. The number of carbonyl (C=O) groups excluding carboxylic acids is 1. The SMILES string of the molecule is O=C(c1cn(C2CNC2)nn1)N1CC[C@@H](O)C1. The van der Waals surface area contributed by atoms with Crippen molar-refractivity contribution in [1.82, 2.24) is 25.2 Å². The molecule has 0 spiro atoms. The average molecular weight is 237 g/mol. The molecule has 3 heterocycles. The van der Waals surface area contributed by atoms with E-state index >= 15 is 0 Å². The molecule has 7 nitrogen and oxygen atoms in total. The number of hydrogen-bond donors (Lipinski definition) is 2. The third-order valence-corrected chi connectivity index (χ3v) is 3.31. The van der Waals surface area contributed by atoms with Crippen LogP contribution in [0.3, 0.4) is 0 Å². The summed E-state index contributed by atoms with van der Waals surface area (Å²) in [6.07, 6.45) is 1.94. The first-order valence-corrected chi connectivity index (χ1v) is 5.84. The summed E-state index contributed by atoms with van der Waals surface area (Å²) in [5.74, 6) is -0.139. The summed E-state index contributed by atoms with van der Waals surface area (Å²) in [7, 11) is 0. The van der Waals surface area contributed by atoms with Gasteiger partial charge in [0.1, 0.15) is 0 Å². The number of likely N-dealkylation sites (tertiary alicyclic amines) is 1. The van der Waals surface area contributed by atoms with E-state index in [-0.39, 0.29) is 5.91 Å². The fourth-order valence-corrected chi connectivity index (χ4v) is 2.10. The Bertz CT molecular complexity index is 428. The Morgan fingerprint density at radius 1 is 1.53 bits per heavy atom. The van der Waals surface area contributed by atoms with Crippen LogP contribution in [0.15, 0.2) is 6.20 Å². The molecule has 2 saturated heterocycles. The van der Waals surface area contributed by atoms with Crippen molar-refractivity contribution in [3.05, 3.63) is 11.9 Å². The number of nitrogens with zero attached hydrogens (tertiary/aromatic N) is 4. The second-order valence-corrected chi connectivity index (χ2v) is 4.59. The van der Waals surface area contributed by atoms with Gasteiger partial charge < -0.3 is 15.3 Å². The third kappa shape index (κ3) is 1.91. The molecule has 0 unspecified atom stereocenters. The van der Waals surface area contributed by atoms with E-state index in [9.17, 15) is 9.90 Å². The van der Waals surface area contributed by atoms with Crippen molar-refractivity contribution in [2.45, 2.75) is 18.6 Å². The minimum atomic E-state index is -0.398. The van der Waals surface area contributed by atoms with Gasteiger partial charge in [-0.2, -0.15) is 0 Å². The van der Waals surface area contributed by atoms with E-state index in [0.29, 0.717) is 31.2 Å². The van der Waals surface area contributed by atoms with Crippen LogP contribution in [-0.2, 0) is 0 Å². The number of aromatic nitrogens is 3. The molecule has 0 bridgehead atoms. The fraction of sp³-hybridized carbons (Fsp3) is 0.700. The molecule has 1 aromatic heterocycles. The predicted molar refractivity (Wildman–Crippen MR) is 58.5 cm³/mol. The number of aliphatic hydroxyl groups excluding tert-OH is 1. The first-order chi connectivity index (χ1) is 8.24. The van der Waals surface area contributed by atoms with Crippen LogP contribution < -0.4 is 5.32 Å². The summed E-state index contributed by atoms with van der Waals surface area (Å²) >= 11 is 0. The van der Waals surface area contributed by atoms with Gasteiger partial charge in [0.15, 0.2) is 5.69 Å². The molecule has 92 valence electrons. The van der Waals surface area contributed by atoms with Crippen molar-refractivity contribution in [3.63, 3.8) is 0 Å². The Labute approximate surface area is 98.4 Å². The second kappa shape index (κ2) is 4.08. The van der Waals surface area contributed by atoms with Crippen LogP contribution in [0.5, 0.6) is 0 Å². The molecule has 0 saturated carbocycles. The maximum atomic E-state index is 12.0. The molecule has 1 amide bonds. The number of amides is 1. The Morgan fingerprint density at radius 3 is 2.94 bits per heavy atom.